The van der Waals surface area contributed by atoms with Crippen LogP contribution in [0.5, 0.6) is 0 Å². The molecule has 16 heavy (non-hydrogen) atoms. The number of Topliss-reactive ketones (excluding diaryl/α,β-unsaturated/α-hetero) is 1. The molecule has 0 N–H and O–H groups in total. The third-order valence-electron chi connectivity index (χ3n) is 2.28. The second kappa shape index (κ2) is 4.08. The van der Waals surface area contributed by atoms with E-state index >= 15 is 0 Å². The molecule has 0 radical (unpaired) electrons. The maximum Gasteiger partial charge on any atom is 0.416 e. The van der Waals surface area contributed by atoms with Crippen LogP contribution in [0.25, 0.3) is 0 Å². The Morgan fingerprint density at radius 2 is 1.88 bits per heavy atom. The van der Waals surface area contributed by atoms with Crippen molar-refractivity contribution in [1.29, 1.82) is 0 Å². The van der Waals surface area contributed by atoms with Crippen molar-refractivity contribution in [2.45, 2.75) is 20.0 Å². The van der Waals surface area contributed by atoms with Crippen molar-refractivity contribution in [3.05, 3.63) is 34.4 Å². The fourth-order valence-electron chi connectivity index (χ4n) is 1.61. The number of benzene rings is 1. The van der Waals surface area contributed by atoms with Crippen molar-refractivity contribution >= 4 is 12.1 Å². The Hall–Kier alpha value is -1.65. The smallest absolute Gasteiger partial charge is 0.298 e. The monoisotopic (exact) mass is 230 g/mol. The van der Waals surface area contributed by atoms with Crippen LogP contribution in [0.3, 0.4) is 0 Å². The molecule has 0 bridgehead atoms. The van der Waals surface area contributed by atoms with Gasteiger partial charge in [0.1, 0.15) is 0 Å². The SMILES string of the molecule is CC(=O)c1c(C=O)ccc(C(F)(F)F)c1C. The summed E-state index contributed by atoms with van der Waals surface area (Å²) in [4.78, 5) is 21.8. The van der Waals surface area contributed by atoms with Crippen LogP contribution in [0.4, 0.5) is 13.2 Å². The second-order valence-electron chi connectivity index (χ2n) is 3.37. The van der Waals surface area contributed by atoms with Gasteiger partial charge in [0, 0.05) is 11.1 Å². The summed E-state index contributed by atoms with van der Waals surface area (Å²) in [7, 11) is 0. The van der Waals surface area contributed by atoms with E-state index in [9.17, 15) is 22.8 Å². The van der Waals surface area contributed by atoms with Gasteiger partial charge in [0.2, 0.25) is 0 Å². The molecular formula is C11H9F3O2. The quantitative estimate of drug-likeness (QED) is 0.578. The molecule has 0 spiro atoms. The lowest BCUT2D eigenvalue weighted by atomic mass is 9.95. The first-order valence-corrected chi connectivity index (χ1v) is 4.46. The molecule has 0 heterocycles. The highest BCUT2D eigenvalue weighted by atomic mass is 19.4. The van der Waals surface area contributed by atoms with E-state index in [-0.39, 0.29) is 16.7 Å². The Bertz CT molecular complexity index is 447. The Labute approximate surface area is 90.1 Å². The number of hydrogen-bond donors (Lipinski definition) is 0. The molecule has 0 saturated carbocycles. The van der Waals surface area contributed by atoms with Crippen molar-refractivity contribution < 1.29 is 22.8 Å². The molecule has 0 aliphatic carbocycles. The van der Waals surface area contributed by atoms with Crippen LogP contribution >= 0.6 is 0 Å². The van der Waals surface area contributed by atoms with Crippen molar-refractivity contribution in [2.75, 3.05) is 0 Å². The number of aldehydes is 1. The van der Waals surface area contributed by atoms with Crippen LogP contribution in [0.15, 0.2) is 12.1 Å². The van der Waals surface area contributed by atoms with Crippen molar-refractivity contribution in [2.24, 2.45) is 0 Å². The molecule has 0 aliphatic rings. The summed E-state index contributed by atoms with van der Waals surface area (Å²) in [6.45, 7) is 2.32. The summed E-state index contributed by atoms with van der Waals surface area (Å²) in [5, 5.41) is 0. The number of carbonyl (C=O) groups is 2. The first-order chi connectivity index (χ1) is 7.29. The van der Waals surface area contributed by atoms with E-state index in [1.165, 1.54) is 6.92 Å². The van der Waals surface area contributed by atoms with Crippen LogP contribution in [0.1, 0.15) is 38.8 Å². The molecule has 0 aliphatic heterocycles. The Morgan fingerprint density at radius 1 is 1.31 bits per heavy atom. The van der Waals surface area contributed by atoms with E-state index in [1.54, 1.807) is 0 Å². The van der Waals surface area contributed by atoms with Gasteiger partial charge in [-0.3, -0.25) is 9.59 Å². The van der Waals surface area contributed by atoms with Crippen molar-refractivity contribution in [3.8, 4) is 0 Å². The van der Waals surface area contributed by atoms with Gasteiger partial charge >= 0.3 is 6.18 Å². The van der Waals surface area contributed by atoms with Gasteiger partial charge in [0.05, 0.1) is 5.56 Å². The number of hydrogen-bond acceptors (Lipinski definition) is 2. The highest BCUT2D eigenvalue weighted by Gasteiger charge is 2.34. The maximum absolute atomic E-state index is 12.5. The standard InChI is InChI=1S/C11H9F3O2/c1-6-9(11(12,13)14)4-3-8(5-15)10(6)7(2)16/h3-5H,1-2H3. The molecule has 0 fully saturated rings. The minimum absolute atomic E-state index is 0.0157. The number of carbonyl (C=O) groups excluding carboxylic acids is 2. The largest absolute Gasteiger partial charge is 0.416 e. The number of halogens is 3. The van der Waals surface area contributed by atoms with E-state index in [2.05, 4.69) is 0 Å². The van der Waals surface area contributed by atoms with E-state index < -0.39 is 17.5 Å². The Morgan fingerprint density at radius 3 is 2.25 bits per heavy atom. The highest BCUT2D eigenvalue weighted by Crippen LogP contribution is 2.33. The molecule has 0 amide bonds. The minimum Gasteiger partial charge on any atom is -0.298 e. The predicted octanol–water partition coefficient (Wildman–Crippen LogP) is 3.03. The molecule has 1 aromatic rings. The van der Waals surface area contributed by atoms with E-state index in [1.807, 2.05) is 0 Å². The molecule has 0 atom stereocenters. The van der Waals surface area contributed by atoms with Crippen LogP contribution in [-0.2, 0) is 6.18 Å². The lowest BCUT2D eigenvalue weighted by molar-refractivity contribution is -0.138. The van der Waals surface area contributed by atoms with Crippen LogP contribution in [0, 0.1) is 6.92 Å². The maximum atomic E-state index is 12.5. The number of alkyl halides is 3. The summed E-state index contributed by atoms with van der Waals surface area (Å²) in [5.74, 6) is -0.550. The third kappa shape index (κ3) is 2.13. The van der Waals surface area contributed by atoms with Crippen LogP contribution in [-0.4, -0.2) is 12.1 Å². The van der Waals surface area contributed by atoms with E-state index in [4.69, 9.17) is 0 Å². The minimum atomic E-state index is -4.52. The highest BCUT2D eigenvalue weighted by molar-refractivity contribution is 6.02. The van der Waals surface area contributed by atoms with Crippen LogP contribution < -0.4 is 0 Å². The first kappa shape index (κ1) is 12.4. The first-order valence-electron chi connectivity index (χ1n) is 4.46. The molecule has 86 valence electrons. The van der Waals surface area contributed by atoms with Crippen molar-refractivity contribution in [1.82, 2.24) is 0 Å². The van der Waals surface area contributed by atoms with Gasteiger partial charge in [-0.1, -0.05) is 6.07 Å². The van der Waals surface area contributed by atoms with Gasteiger partial charge in [-0.25, -0.2) is 0 Å². The fourth-order valence-corrected chi connectivity index (χ4v) is 1.61. The van der Waals surface area contributed by atoms with Gasteiger partial charge in [0.25, 0.3) is 0 Å². The molecule has 1 rings (SSSR count). The van der Waals surface area contributed by atoms with Gasteiger partial charge < -0.3 is 0 Å². The molecular weight excluding hydrogens is 221 g/mol. The Balaban J connectivity index is 3.56. The van der Waals surface area contributed by atoms with E-state index in [0.717, 1.165) is 19.1 Å². The number of rotatable bonds is 2. The van der Waals surface area contributed by atoms with Gasteiger partial charge in [-0.05, 0) is 25.5 Å². The summed E-state index contributed by atoms with van der Waals surface area (Å²) < 4.78 is 37.6. The summed E-state index contributed by atoms with van der Waals surface area (Å²) >= 11 is 0. The summed E-state index contributed by atoms with van der Waals surface area (Å²) in [5.41, 5.74) is -1.27. The lowest BCUT2D eigenvalue weighted by Crippen LogP contribution is -2.12. The zero-order valence-electron chi connectivity index (χ0n) is 8.68. The topological polar surface area (TPSA) is 34.1 Å². The molecule has 0 aromatic heterocycles. The zero-order valence-corrected chi connectivity index (χ0v) is 8.68. The predicted molar refractivity (Wildman–Crippen MR) is 51.6 cm³/mol. The second-order valence-corrected chi connectivity index (χ2v) is 3.37. The van der Waals surface area contributed by atoms with Crippen LogP contribution in [0.2, 0.25) is 0 Å². The molecule has 2 nitrogen and oxygen atoms in total. The molecule has 0 saturated heterocycles. The van der Waals surface area contributed by atoms with Gasteiger partial charge in [0.15, 0.2) is 12.1 Å². The lowest BCUT2D eigenvalue weighted by Gasteiger charge is -2.13. The Kier molecular flexibility index (Phi) is 3.16. The summed E-state index contributed by atoms with van der Waals surface area (Å²) in [6.07, 6.45) is -4.14. The molecule has 1 aromatic carbocycles. The van der Waals surface area contributed by atoms with E-state index in [0.29, 0.717) is 6.29 Å². The third-order valence-corrected chi connectivity index (χ3v) is 2.28. The summed E-state index contributed by atoms with van der Waals surface area (Å²) in [6, 6.07) is 1.82. The molecule has 5 heteroatoms. The normalized spacial score (nSPS) is 11.3. The fraction of sp³-hybridized carbons (Fsp3) is 0.273. The van der Waals surface area contributed by atoms with Gasteiger partial charge in [-0.15, -0.1) is 0 Å². The van der Waals surface area contributed by atoms with Gasteiger partial charge in [-0.2, -0.15) is 13.2 Å². The molecule has 0 unspecified atom stereocenters. The number of ketones is 1. The average molecular weight is 230 g/mol. The zero-order chi connectivity index (χ0) is 12.5. The van der Waals surface area contributed by atoms with Crippen molar-refractivity contribution in [3.63, 3.8) is 0 Å². The average Bonchev–Trinajstić information content (AvgIpc) is 2.14.